The van der Waals surface area contributed by atoms with Crippen molar-refractivity contribution < 1.29 is 4.74 Å². The van der Waals surface area contributed by atoms with E-state index < -0.39 is 0 Å². The van der Waals surface area contributed by atoms with Crippen molar-refractivity contribution in [1.82, 2.24) is 5.32 Å². The average Bonchev–Trinajstić information content (AvgIpc) is 2.85. The van der Waals surface area contributed by atoms with E-state index in [0.29, 0.717) is 5.41 Å². The van der Waals surface area contributed by atoms with Gasteiger partial charge in [0.25, 0.3) is 0 Å². The first-order valence-electron chi connectivity index (χ1n) is 7.01. The molecule has 1 aliphatic carbocycles. The molecule has 0 unspecified atom stereocenters. The summed E-state index contributed by atoms with van der Waals surface area (Å²) >= 11 is 0. The maximum absolute atomic E-state index is 8.44. The number of nitrogens with one attached hydrogen (secondary N) is 1. The van der Waals surface area contributed by atoms with Crippen molar-refractivity contribution in [3.8, 4) is 11.8 Å². The zero-order chi connectivity index (χ0) is 13.6. The third kappa shape index (κ3) is 4.25. The van der Waals surface area contributed by atoms with Crippen LogP contribution in [-0.2, 0) is 6.54 Å². The van der Waals surface area contributed by atoms with Crippen molar-refractivity contribution in [1.29, 1.82) is 5.26 Å². The Morgan fingerprint density at radius 3 is 2.58 bits per heavy atom. The average molecular weight is 258 g/mol. The van der Waals surface area contributed by atoms with Crippen molar-refractivity contribution in [2.45, 2.75) is 39.2 Å². The second-order valence-corrected chi connectivity index (χ2v) is 5.71. The van der Waals surface area contributed by atoms with Gasteiger partial charge in [-0.1, -0.05) is 31.9 Å². The lowest BCUT2D eigenvalue weighted by atomic mass is 9.89. The lowest BCUT2D eigenvalue weighted by Gasteiger charge is -2.23. The second kappa shape index (κ2) is 6.58. The first-order chi connectivity index (χ1) is 9.22. The third-order valence-electron chi connectivity index (χ3n) is 3.92. The van der Waals surface area contributed by atoms with Crippen LogP contribution in [0.2, 0.25) is 0 Å². The number of rotatable bonds is 6. The van der Waals surface area contributed by atoms with Crippen LogP contribution in [0.5, 0.6) is 5.75 Å². The summed E-state index contributed by atoms with van der Waals surface area (Å²) in [6.07, 6.45) is 5.45. The van der Waals surface area contributed by atoms with Crippen LogP contribution >= 0.6 is 0 Å². The molecule has 2 rings (SSSR count). The molecule has 1 aliphatic rings. The zero-order valence-electron chi connectivity index (χ0n) is 11.6. The fourth-order valence-electron chi connectivity index (χ4n) is 2.73. The monoisotopic (exact) mass is 258 g/mol. The standard InChI is InChI=1S/C16H22N2O/c1-16(8-2-3-9-16)13-18-12-14-4-6-15(7-5-14)19-11-10-17/h4-7,18H,2-3,8-9,11-13H2,1H3. The molecular formula is C16H22N2O. The van der Waals surface area contributed by atoms with Crippen LogP contribution in [0.15, 0.2) is 24.3 Å². The molecule has 3 nitrogen and oxygen atoms in total. The quantitative estimate of drug-likeness (QED) is 0.851. The highest BCUT2D eigenvalue weighted by Crippen LogP contribution is 2.36. The van der Waals surface area contributed by atoms with Crippen LogP contribution in [0, 0.1) is 16.7 Å². The van der Waals surface area contributed by atoms with E-state index in [1.54, 1.807) is 0 Å². The Bertz CT molecular complexity index is 427. The Hall–Kier alpha value is -1.53. The second-order valence-electron chi connectivity index (χ2n) is 5.71. The molecule has 19 heavy (non-hydrogen) atoms. The van der Waals surface area contributed by atoms with Gasteiger partial charge in [-0.25, -0.2) is 0 Å². The van der Waals surface area contributed by atoms with Crippen molar-refractivity contribution in [3.05, 3.63) is 29.8 Å². The summed E-state index contributed by atoms with van der Waals surface area (Å²) in [7, 11) is 0. The van der Waals surface area contributed by atoms with E-state index in [2.05, 4.69) is 24.4 Å². The number of hydrogen-bond donors (Lipinski definition) is 1. The number of ether oxygens (including phenoxy) is 1. The lowest BCUT2D eigenvalue weighted by molar-refractivity contribution is 0.314. The first kappa shape index (κ1) is 13.9. The zero-order valence-corrected chi connectivity index (χ0v) is 11.6. The Labute approximate surface area is 115 Å². The van der Waals surface area contributed by atoms with Crippen LogP contribution in [0.3, 0.4) is 0 Å². The minimum Gasteiger partial charge on any atom is -0.479 e. The number of benzene rings is 1. The van der Waals surface area contributed by atoms with Gasteiger partial charge in [-0.2, -0.15) is 5.26 Å². The fraction of sp³-hybridized carbons (Fsp3) is 0.562. The maximum Gasteiger partial charge on any atom is 0.174 e. The molecule has 0 aliphatic heterocycles. The van der Waals surface area contributed by atoms with Crippen molar-refractivity contribution >= 4 is 0 Å². The molecule has 0 atom stereocenters. The third-order valence-corrected chi connectivity index (χ3v) is 3.92. The molecule has 0 radical (unpaired) electrons. The molecule has 1 saturated carbocycles. The smallest absolute Gasteiger partial charge is 0.174 e. The summed E-state index contributed by atoms with van der Waals surface area (Å²) in [4.78, 5) is 0. The maximum atomic E-state index is 8.44. The summed E-state index contributed by atoms with van der Waals surface area (Å²) < 4.78 is 5.23. The molecule has 0 amide bonds. The van der Waals surface area contributed by atoms with Gasteiger partial charge in [-0.05, 0) is 36.0 Å². The lowest BCUT2D eigenvalue weighted by Crippen LogP contribution is -2.29. The van der Waals surface area contributed by atoms with Crippen molar-refractivity contribution in [2.24, 2.45) is 5.41 Å². The molecule has 102 valence electrons. The van der Waals surface area contributed by atoms with Crippen LogP contribution in [0.1, 0.15) is 38.2 Å². The molecule has 0 aromatic heterocycles. The summed E-state index contributed by atoms with van der Waals surface area (Å²) in [6.45, 7) is 4.48. The van der Waals surface area contributed by atoms with Crippen LogP contribution in [0.4, 0.5) is 0 Å². The van der Waals surface area contributed by atoms with Gasteiger partial charge in [0.2, 0.25) is 0 Å². The van der Waals surface area contributed by atoms with Crippen LogP contribution < -0.4 is 10.1 Å². The Balaban J connectivity index is 1.75. The van der Waals surface area contributed by atoms with Gasteiger partial charge in [0.1, 0.15) is 11.8 Å². The van der Waals surface area contributed by atoms with Gasteiger partial charge in [-0.3, -0.25) is 0 Å². The Kier molecular flexibility index (Phi) is 4.81. The molecule has 0 saturated heterocycles. The van der Waals surface area contributed by atoms with Gasteiger partial charge in [0.15, 0.2) is 6.61 Å². The predicted octanol–water partition coefficient (Wildman–Crippen LogP) is 3.26. The van der Waals surface area contributed by atoms with Gasteiger partial charge >= 0.3 is 0 Å². The normalized spacial score (nSPS) is 17.1. The van der Waals surface area contributed by atoms with E-state index >= 15 is 0 Å². The summed E-state index contributed by atoms with van der Waals surface area (Å²) in [5.41, 5.74) is 1.75. The minimum atomic E-state index is 0.107. The predicted molar refractivity (Wildman–Crippen MR) is 75.8 cm³/mol. The highest BCUT2D eigenvalue weighted by molar-refractivity contribution is 5.27. The summed E-state index contributed by atoms with van der Waals surface area (Å²) in [5.74, 6) is 0.757. The van der Waals surface area contributed by atoms with Crippen LogP contribution in [0.25, 0.3) is 0 Å². The van der Waals surface area contributed by atoms with E-state index in [9.17, 15) is 0 Å². The summed E-state index contributed by atoms with van der Waals surface area (Å²) in [6, 6.07) is 9.91. The largest absolute Gasteiger partial charge is 0.479 e. The van der Waals surface area contributed by atoms with E-state index in [-0.39, 0.29) is 6.61 Å². The topological polar surface area (TPSA) is 45.0 Å². The van der Waals surface area contributed by atoms with Gasteiger partial charge in [0, 0.05) is 13.1 Å². The van der Waals surface area contributed by atoms with E-state index in [0.717, 1.165) is 18.8 Å². The van der Waals surface area contributed by atoms with Gasteiger partial charge in [0.05, 0.1) is 0 Å². The van der Waals surface area contributed by atoms with E-state index in [1.807, 2.05) is 18.2 Å². The van der Waals surface area contributed by atoms with Crippen molar-refractivity contribution in [2.75, 3.05) is 13.2 Å². The molecule has 1 aromatic rings. The molecule has 1 fully saturated rings. The highest BCUT2D eigenvalue weighted by Gasteiger charge is 2.27. The molecular weight excluding hydrogens is 236 g/mol. The van der Waals surface area contributed by atoms with Crippen LogP contribution in [-0.4, -0.2) is 13.2 Å². The van der Waals surface area contributed by atoms with Crippen molar-refractivity contribution in [3.63, 3.8) is 0 Å². The number of nitriles is 1. The molecule has 1 aromatic carbocycles. The Morgan fingerprint density at radius 2 is 1.95 bits per heavy atom. The molecule has 0 bridgehead atoms. The minimum absolute atomic E-state index is 0.107. The number of hydrogen-bond acceptors (Lipinski definition) is 3. The fourth-order valence-corrected chi connectivity index (χ4v) is 2.73. The van der Waals surface area contributed by atoms with E-state index in [4.69, 9.17) is 10.00 Å². The number of nitrogens with zero attached hydrogens (tertiary/aromatic N) is 1. The molecule has 3 heteroatoms. The SMILES string of the molecule is CC1(CNCc2ccc(OCC#N)cc2)CCCC1. The van der Waals surface area contributed by atoms with Gasteiger partial charge < -0.3 is 10.1 Å². The first-order valence-corrected chi connectivity index (χ1v) is 7.01. The summed E-state index contributed by atoms with van der Waals surface area (Å²) in [5, 5.41) is 12.0. The molecule has 1 N–H and O–H groups in total. The molecule has 0 heterocycles. The van der Waals surface area contributed by atoms with Gasteiger partial charge in [-0.15, -0.1) is 0 Å². The van der Waals surface area contributed by atoms with E-state index in [1.165, 1.54) is 31.2 Å². The highest BCUT2D eigenvalue weighted by atomic mass is 16.5. The Morgan fingerprint density at radius 1 is 1.26 bits per heavy atom. The molecule has 0 spiro atoms.